The molecule has 0 bridgehead atoms. The second kappa shape index (κ2) is 8.53. The van der Waals surface area contributed by atoms with Crippen LogP contribution in [0.3, 0.4) is 0 Å². The Morgan fingerprint density at radius 1 is 1.04 bits per heavy atom. The Hall–Kier alpha value is -2.72. The zero-order valence-corrected chi connectivity index (χ0v) is 15.8. The van der Waals surface area contributed by atoms with Gasteiger partial charge in [-0.25, -0.2) is 4.85 Å². The van der Waals surface area contributed by atoms with Gasteiger partial charge in [0.05, 0.1) is 12.1 Å². The Balaban J connectivity index is 1.51. The van der Waals surface area contributed by atoms with Crippen LogP contribution in [0.2, 0.25) is 0 Å². The van der Waals surface area contributed by atoms with E-state index in [1.54, 1.807) is 12.1 Å². The Bertz CT molecular complexity index is 836. The molecule has 3 rings (SSSR count). The summed E-state index contributed by atoms with van der Waals surface area (Å²) in [4.78, 5) is 9.91. The number of hydrogen-bond donors (Lipinski definition) is 0. The summed E-state index contributed by atoms with van der Waals surface area (Å²) in [5.41, 5.74) is 1.66. The predicted octanol–water partition coefficient (Wildman–Crippen LogP) is 4.51. The number of piperazine rings is 1. The fraction of sp³-hybridized carbons (Fsp3) is 0.381. The van der Waals surface area contributed by atoms with Crippen molar-refractivity contribution in [3.8, 4) is 0 Å². The molecule has 0 spiro atoms. The molecular weight excluding hydrogens is 365 g/mol. The molecule has 1 heterocycles. The number of alkyl halides is 3. The van der Waals surface area contributed by atoms with Crippen molar-refractivity contribution in [2.75, 3.05) is 56.1 Å². The minimum atomic E-state index is -4.31. The number of hydrogen-bond acceptors (Lipinski definition) is 3. The van der Waals surface area contributed by atoms with E-state index in [2.05, 4.69) is 14.6 Å². The first-order chi connectivity index (χ1) is 13.4. The summed E-state index contributed by atoms with van der Waals surface area (Å²) in [6.45, 7) is 11.8. The van der Waals surface area contributed by atoms with Crippen molar-refractivity contribution in [1.82, 2.24) is 4.90 Å². The Kier molecular flexibility index (Phi) is 6.10. The number of halogens is 3. The van der Waals surface area contributed by atoms with Gasteiger partial charge in [-0.15, -0.1) is 0 Å². The number of likely N-dealkylation sites (N-methyl/N-ethyl adjacent to an activating group) is 1. The highest BCUT2D eigenvalue weighted by Crippen LogP contribution is 2.31. The zero-order valence-electron chi connectivity index (χ0n) is 15.8. The molecule has 0 unspecified atom stereocenters. The van der Waals surface area contributed by atoms with Crippen LogP contribution >= 0.6 is 0 Å². The standard InChI is InChI=1S/C21H23F3N4/c1-25-18-6-4-7-19(16-18)26(2)9-10-27-11-13-28(14-12-27)20-8-3-5-17(15-20)21(22,23)24/h3-8,15-16H,9-14H2,2H3. The fourth-order valence-electron chi connectivity index (χ4n) is 3.33. The summed E-state index contributed by atoms with van der Waals surface area (Å²) < 4.78 is 38.7. The highest BCUT2D eigenvalue weighted by molar-refractivity contribution is 5.58. The molecule has 0 atom stereocenters. The van der Waals surface area contributed by atoms with E-state index in [1.165, 1.54) is 12.1 Å². The van der Waals surface area contributed by atoms with Crippen LogP contribution in [0.5, 0.6) is 0 Å². The van der Waals surface area contributed by atoms with Crippen molar-refractivity contribution < 1.29 is 13.2 Å². The molecule has 1 aliphatic rings. The van der Waals surface area contributed by atoms with E-state index in [4.69, 9.17) is 6.57 Å². The average molecular weight is 388 g/mol. The van der Waals surface area contributed by atoms with Gasteiger partial charge < -0.3 is 9.80 Å². The maximum Gasteiger partial charge on any atom is 0.416 e. The van der Waals surface area contributed by atoms with E-state index in [0.717, 1.165) is 37.9 Å². The van der Waals surface area contributed by atoms with Crippen LogP contribution in [0.15, 0.2) is 48.5 Å². The molecule has 0 N–H and O–H groups in total. The van der Waals surface area contributed by atoms with Crippen molar-refractivity contribution in [1.29, 1.82) is 0 Å². The molecule has 0 saturated carbocycles. The number of anilines is 2. The first-order valence-electron chi connectivity index (χ1n) is 9.20. The van der Waals surface area contributed by atoms with Crippen LogP contribution < -0.4 is 9.80 Å². The molecule has 148 valence electrons. The third-order valence-corrected chi connectivity index (χ3v) is 5.06. The largest absolute Gasteiger partial charge is 0.416 e. The van der Waals surface area contributed by atoms with Gasteiger partial charge >= 0.3 is 6.18 Å². The van der Waals surface area contributed by atoms with E-state index >= 15 is 0 Å². The van der Waals surface area contributed by atoms with Gasteiger partial charge in [0, 0.05) is 57.7 Å². The molecular formula is C21H23F3N4. The summed E-state index contributed by atoms with van der Waals surface area (Å²) in [6.07, 6.45) is -4.31. The summed E-state index contributed by atoms with van der Waals surface area (Å²) >= 11 is 0. The van der Waals surface area contributed by atoms with Crippen LogP contribution in [-0.2, 0) is 6.18 Å². The van der Waals surface area contributed by atoms with Crippen LogP contribution in [0, 0.1) is 6.57 Å². The minimum absolute atomic E-state index is 0.601. The van der Waals surface area contributed by atoms with Gasteiger partial charge in [0.15, 0.2) is 5.69 Å². The summed E-state index contributed by atoms with van der Waals surface area (Å²) in [5.74, 6) is 0. The average Bonchev–Trinajstić information content (AvgIpc) is 2.72. The van der Waals surface area contributed by atoms with Gasteiger partial charge in [-0.3, -0.25) is 4.90 Å². The van der Waals surface area contributed by atoms with Crippen molar-refractivity contribution in [3.63, 3.8) is 0 Å². The lowest BCUT2D eigenvalue weighted by Gasteiger charge is -2.37. The Labute approximate surface area is 163 Å². The third-order valence-electron chi connectivity index (χ3n) is 5.06. The van der Waals surface area contributed by atoms with E-state index in [9.17, 15) is 13.2 Å². The second-order valence-electron chi connectivity index (χ2n) is 6.93. The van der Waals surface area contributed by atoms with Crippen LogP contribution in [-0.4, -0.2) is 51.2 Å². The number of rotatable bonds is 5. The smallest absolute Gasteiger partial charge is 0.374 e. The summed E-state index contributed by atoms with van der Waals surface area (Å²) in [6, 6.07) is 13.1. The predicted molar refractivity (Wildman–Crippen MR) is 106 cm³/mol. The van der Waals surface area contributed by atoms with Crippen molar-refractivity contribution in [2.45, 2.75) is 6.18 Å². The Morgan fingerprint density at radius 2 is 1.75 bits per heavy atom. The van der Waals surface area contributed by atoms with Gasteiger partial charge in [-0.2, -0.15) is 13.2 Å². The van der Waals surface area contributed by atoms with Gasteiger partial charge in [0.1, 0.15) is 0 Å². The van der Waals surface area contributed by atoms with Gasteiger partial charge in [-0.1, -0.05) is 18.2 Å². The first kappa shape index (κ1) is 20.0. The van der Waals surface area contributed by atoms with E-state index in [-0.39, 0.29) is 0 Å². The SMILES string of the molecule is [C-]#[N+]c1cccc(N(C)CCN2CCN(c3cccc(C(F)(F)F)c3)CC2)c1. The normalized spacial score (nSPS) is 15.3. The van der Waals surface area contributed by atoms with E-state index < -0.39 is 11.7 Å². The second-order valence-corrected chi connectivity index (χ2v) is 6.93. The highest BCUT2D eigenvalue weighted by atomic mass is 19.4. The molecule has 28 heavy (non-hydrogen) atoms. The van der Waals surface area contributed by atoms with Crippen LogP contribution in [0.4, 0.5) is 30.2 Å². The van der Waals surface area contributed by atoms with Crippen molar-refractivity contribution in [2.24, 2.45) is 0 Å². The quantitative estimate of drug-likeness (QED) is 0.700. The third kappa shape index (κ3) is 4.96. The highest BCUT2D eigenvalue weighted by Gasteiger charge is 2.31. The maximum absolute atomic E-state index is 12.9. The van der Waals surface area contributed by atoms with Gasteiger partial charge in [0.2, 0.25) is 0 Å². The van der Waals surface area contributed by atoms with Gasteiger partial charge in [-0.05, 0) is 30.3 Å². The molecule has 2 aromatic rings. The van der Waals surface area contributed by atoms with Crippen LogP contribution in [0.1, 0.15) is 5.56 Å². The van der Waals surface area contributed by atoms with Crippen molar-refractivity contribution in [3.05, 3.63) is 65.5 Å². The van der Waals surface area contributed by atoms with E-state index in [0.29, 0.717) is 24.5 Å². The number of benzene rings is 2. The number of nitrogens with zero attached hydrogens (tertiary/aromatic N) is 4. The lowest BCUT2D eigenvalue weighted by Crippen LogP contribution is -2.48. The first-order valence-corrected chi connectivity index (χ1v) is 9.20. The van der Waals surface area contributed by atoms with Crippen LogP contribution in [0.25, 0.3) is 4.85 Å². The maximum atomic E-state index is 12.9. The lowest BCUT2D eigenvalue weighted by atomic mass is 10.1. The molecule has 1 fully saturated rings. The minimum Gasteiger partial charge on any atom is -0.374 e. The fourth-order valence-corrected chi connectivity index (χ4v) is 3.33. The molecule has 1 saturated heterocycles. The Morgan fingerprint density at radius 3 is 2.43 bits per heavy atom. The lowest BCUT2D eigenvalue weighted by molar-refractivity contribution is -0.137. The zero-order chi connectivity index (χ0) is 20.1. The molecule has 0 aliphatic carbocycles. The van der Waals surface area contributed by atoms with Gasteiger partial charge in [0.25, 0.3) is 0 Å². The topological polar surface area (TPSA) is 14.1 Å². The van der Waals surface area contributed by atoms with E-state index in [1.807, 2.05) is 30.1 Å². The van der Waals surface area contributed by atoms with Crippen molar-refractivity contribution >= 4 is 17.1 Å². The summed E-state index contributed by atoms with van der Waals surface area (Å²) in [5, 5.41) is 0. The molecule has 0 radical (unpaired) electrons. The molecule has 2 aromatic carbocycles. The molecule has 0 aromatic heterocycles. The summed E-state index contributed by atoms with van der Waals surface area (Å²) in [7, 11) is 2.00. The molecule has 0 amide bonds. The molecule has 7 heteroatoms. The molecule has 1 aliphatic heterocycles. The monoisotopic (exact) mass is 388 g/mol. The molecule has 4 nitrogen and oxygen atoms in total.